The first-order valence-corrected chi connectivity index (χ1v) is 6.81. The topological polar surface area (TPSA) is 71.1 Å². The van der Waals surface area contributed by atoms with Crippen molar-refractivity contribution in [1.29, 1.82) is 0 Å². The van der Waals surface area contributed by atoms with Crippen LogP contribution < -0.4 is 10.6 Å². The minimum absolute atomic E-state index is 0.0141. The Morgan fingerprint density at radius 3 is 2.70 bits per heavy atom. The summed E-state index contributed by atoms with van der Waals surface area (Å²) in [6, 6.07) is 5.41. The highest BCUT2D eigenvalue weighted by Gasteiger charge is 2.45. The Bertz CT molecular complexity index is 534. The normalized spacial score (nSPS) is 22.5. The van der Waals surface area contributed by atoms with Gasteiger partial charge in [-0.3, -0.25) is 9.59 Å². The maximum atomic E-state index is 12.4. The van der Waals surface area contributed by atoms with Gasteiger partial charge in [-0.25, -0.2) is 4.98 Å². The molecule has 2 amide bonds. The monoisotopic (exact) mass is 275 g/mol. The molecule has 0 radical (unpaired) electrons. The zero-order valence-electron chi connectivity index (χ0n) is 12.4. The van der Waals surface area contributed by atoms with Gasteiger partial charge in [-0.05, 0) is 24.5 Å². The number of amides is 2. The Labute approximate surface area is 119 Å². The lowest BCUT2D eigenvalue weighted by molar-refractivity contribution is -0.132. The fourth-order valence-electron chi connectivity index (χ4n) is 2.55. The van der Waals surface area contributed by atoms with Gasteiger partial charge in [0.1, 0.15) is 11.7 Å². The molecule has 108 valence electrons. The van der Waals surface area contributed by atoms with Gasteiger partial charge in [0.15, 0.2) is 0 Å². The molecule has 5 heteroatoms. The number of rotatable bonds is 2. The molecular weight excluding hydrogens is 254 g/mol. The highest BCUT2D eigenvalue weighted by Crippen LogP contribution is 2.35. The van der Waals surface area contributed by atoms with E-state index in [1.165, 1.54) is 0 Å². The summed E-state index contributed by atoms with van der Waals surface area (Å²) < 4.78 is 0. The smallest absolute Gasteiger partial charge is 0.238 e. The van der Waals surface area contributed by atoms with E-state index in [1.807, 2.05) is 39.8 Å². The highest BCUT2D eigenvalue weighted by molar-refractivity contribution is 6.07. The molecule has 0 aromatic carbocycles. The Morgan fingerprint density at radius 2 is 2.10 bits per heavy atom. The van der Waals surface area contributed by atoms with Gasteiger partial charge in [-0.1, -0.05) is 26.8 Å². The second kappa shape index (κ2) is 5.23. The molecule has 1 saturated heterocycles. The largest absolute Gasteiger partial charge is 0.355 e. The van der Waals surface area contributed by atoms with Crippen LogP contribution in [0.1, 0.15) is 26.5 Å². The number of nitrogens with one attached hydrogen (secondary N) is 2. The SMILES string of the molecule is Cc1cccc(NC(=O)C2C(=O)NCC2C(C)(C)C)n1. The van der Waals surface area contributed by atoms with Gasteiger partial charge < -0.3 is 10.6 Å². The first kappa shape index (κ1) is 14.5. The average molecular weight is 275 g/mol. The van der Waals surface area contributed by atoms with Crippen molar-refractivity contribution in [2.45, 2.75) is 27.7 Å². The summed E-state index contributed by atoms with van der Waals surface area (Å²) in [5.74, 6) is -0.660. The number of hydrogen-bond acceptors (Lipinski definition) is 3. The number of carbonyl (C=O) groups excluding carboxylic acids is 2. The molecular formula is C15H21N3O2. The van der Waals surface area contributed by atoms with Crippen LogP contribution in [-0.4, -0.2) is 23.3 Å². The third-order valence-corrected chi connectivity index (χ3v) is 3.72. The van der Waals surface area contributed by atoms with E-state index < -0.39 is 5.92 Å². The minimum Gasteiger partial charge on any atom is -0.355 e. The highest BCUT2D eigenvalue weighted by atomic mass is 16.2. The lowest BCUT2D eigenvalue weighted by Gasteiger charge is -2.29. The van der Waals surface area contributed by atoms with Crippen molar-refractivity contribution < 1.29 is 9.59 Å². The lowest BCUT2D eigenvalue weighted by atomic mass is 9.74. The zero-order valence-corrected chi connectivity index (χ0v) is 12.4. The van der Waals surface area contributed by atoms with Crippen molar-refractivity contribution in [3.8, 4) is 0 Å². The molecule has 0 bridgehead atoms. The first-order valence-electron chi connectivity index (χ1n) is 6.81. The van der Waals surface area contributed by atoms with Gasteiger partial charge in [0.25, 0.3) is 0 Å². The van der Waals surface area contributed by atoms with E-state index in [2.05, 4.69) is 15.6 Å². The third-order valence-electron chi connectivity index (χ3n) is 3.72. The van der Waals surface area contributed by atoms with E-state index in [4.69, 9.17) is 0 Å². The van der Waals surface area contributed by atoms with E-state index >= 15 is 0 Å². The van der Waals surface area contributed by atoms with Crippen molar-refractivity contribution in [3.05, 3.63) is 23.9 Å². The van der Waals surface area contributed by atoms with Crippen molar-refractivity contribution in [1.82, 2.24) is 10.3 Å². The van der Waals surface area contributed by atoms with Crippen LogP contribution in [0.4, 0.5) is 5.82 Å². The van der Waals surface area contributed by atoms with Gasteiger partial charge in [-0.15, -0.1) is 0 Å². The Balaban J connectivity index is 2.17. The number of hydrogen-bond donors (Lipinski definition) is 2. The van der Waals surface area contributed by atoms with Crippen LogP contribution >= 0.6 is 0 Å². The maximum absolute atomic E-state index is 12.4. The van der Waals surface area contributed by atoms with Crippen LogP contribution in [-0.2, 0) is 9.59 Å². The predicted molar refractivity (Wildman–Crippen MR) is 77.0 cm³/mol. The average Bonchev–Trinajstić information content (AvgIpc) is 2.71. The van der Waals surface area contributed by atoms with Crippen LogP contribution in [0.2, 0.25) is 0 Å². The molecule has 20 heavy (non-hydrogen) atoms. The van der Waals surface area contributed by atoms with Gasteiger partial charge in [0.05, 0.1) is 0 Å². The van der Waals surface area contributed by atoms with Crippen molar-refractivity contribution in [2.75, 3.05) is 11.9 Å². The summed E-state index contributed by atoms with van der Waals surface area (Å²) in [4.78, 5) is 28.6. The van der Waals surface area contributed by atoms with Crippen LogP contribution in [0.15, 0.2) is 18.2 Å². The van der Waals surface area contributed by atoms with Crippen LogP contribution in [0, 0.1) is 24.2 Å². The molecule has 1 aliphatic heterocycles. The van der Waals surface area contributed by atoms with E-state index in [0.29, 0.717) is 12.4 Å². The predicted octanol–water partition coefficient (Wildman–Crippen LogP) is 1.74. The standard InChI is InChI=1S/C15H21N3O2/c1-9-6-5-7-11(17-9)18-14(20)12-10(15(2,3)4)8-16-13(12)19/h5-7,10,12H,8H2,1-4H3,(H,16,19)(H,17,18,20). The summed E-state index contributed by atoms with van der Waals surface area (Å²) in [6.07, 6.45) is 0. The number of carbonyl (C=O) groups is 2. The van der Waals surface area contributed by atoms with Gasteiger partial charge in [0, 0.05) is 18.2 Å². The van der Waals surface area contributed by atoms with Gasteiger partial charge in [-0.2, -0.15) is 0 Å². The second-order valence-electron chi connectivity index (χ2n) is 6.35. The van der Waals surface area contributed by atoms with Crippen LogP contribution in [0.5, 0.6) is 0 Å². The second-order valence-corrected chi connectivity index (χ2v) is 6.35. The molecule has 0 saturated carbocycles. The van der Waals surface area contributed by atoms with Crippen molar-refractivity contribution in [2.24, 2.45) is 17.3 Å². The van der Waals surface area contributed by atoms with Crippen molar-refractivity contribution >= 4 is 17.6 Å². The quantitative estimate of drug-likeness (QED) is 0.808. The molecule has 2 rings (SSSR count). The van der Waals surface area contributed by atoms with Gasteiger partial charge in [0.2, 0.25) is 11.8 Å². The summed E-state index contributed by atoms with van der Waals surface area (Å²) >= 11 is 0. The number of pyridine rings is 1. The Hall–Kier alpha value is -1.91. The fourth-order valence-corrected chi connectivity index (χ4v) is 2.55. The molecule has 2 heterocycles. The molecule has 2 unspecified atom stereocenters. The van der Waals surface area contributed by atoms with Crippen LogP contribution in [0.3, 0.4) is 0 Å². The van der Waals surface area contributed by atoms with Crippen LogP contribution in [0.25, 0.3) is 0 Å². The summed E-state index contributed by atoms with van der Waals surface area (Å²) in [5, 5.41) is 5.53. The zero-order chi connectivity index (χ0) is 14.9. The van der Waals surface area contributed by atoms with E-state index in [-0.39, 0.29) is 23.1 Å². The lowest BCUT2D eigenvalue weighted by Crippen LogP contribution is -2.37. The van der Waals surface area contributed by atoms with Gasteiger partial charge >= 0.3 is 0 Å². The van der Waals surface area contributed by atoms with E-state index in [0.717, 1.165) is 5.69 Å². The molecule has 0 spiro atoms. The summed E-state index contributed by atoms with van der Waals surface area (Å²) in [7, 11) is 0. The number of anilines is 1. The first-order chi connectivity index (χ1) is 9.29. The molecule has 1 aliphatic rings. The molecule has 5 nitrogen and oxygen atoms in total. The molecule has 1 fully saturated rings. The fraction of sp³-hybridized carbons (Fsp3) is 0.533. The number of aryl methyl sites for hydroxylation is 1. The Kier molecular flexibility index (Phi) is 3.79. The molecule has 2 atom stereocenters. The number of nitrogens with zero attached hydrogens (tertiary/aromatic N) is 1. The maximum Gasteiger partial charge on any atom is 0.238 e. The number of aromatic nitrogens is 1. The molecule has 0 aliphatic carbocycles. The van der Waals surface area contributed by atoms with E-state index in [9.17, 15) is 9.59 Å². The molecule has 1 aromatic heterocycles. The molecule has 2 N–H and O–H groups in total. The Morgan fingerprint density at radius 1 is 1.40 bits per heavy atom. The van der Waals surface area contributed by atoms with E-state index in [1.54, 1.807) is 6.07 Å². The van der Waals surface area contributed by atoms with Crippen molar-refractivity contribution in [3.63, 3.8) is 0 Å². The third kappa shape index (κ3) is 2.98. The summed E-state index contributed by atoms with van der Waals surface area (Å²) in [6.45, 7) is 8.53. The summed E-state index contributed by atoms with van der Waals surface area (Å²) in [5.41, 5.74) is 0.715. The minimum atomic E-state index is -0.655. The molecule has 1 aromatic rings.